The molecule has 2 aromatic carbocycles. The lowest BCUT2D eigenvalue weighted by Crippen LogP contribution is -2.56. The molecule has 1 aromatic heterocycles. The number of amides is 2. The first kappa shape index (κ1) is 18.9. The van der Waals surface area contributed by atoms with Crippen LogP contribution in [0.1, 0.15) is 12.6 Å². The van der Waals surface area contributed by atoms with Gasteiger partial charge in [0.25, 0.3) is 17.4 Å². The number of carbonyl (C=O) groups is 2. The number of hydrogen-bond donors (Lipinski definition) is 2. The number of nitrogens with one attached hydrogen (secondary N) is 2. The second-order valence-corrected chi connectivity index (χ2v) is 7.18. The van der Waals surface area contributed by atoms with Crippen LogP contribution in [-0.2, 0) is 9.59 Å². The van der Waals surface area contributed by atoms with E-state index in [0.29, 0.717) is 33.7 Å². The number of anilines is 2. The average Bonchev–Trinajstić information content (AvgIpc) is 3.03. The van der Waals surface area contributed by atoms with Gasteiger partial charge in [0, 0.05) is 11.1 Å². The van der Waals surface area contributed by atoms with Crippen LogP contribution in [0.2, 0.25) is 5.02 Å². The van der Waals surface area contributed by atoms with E-state index in [-0.39, 0.29) is 5.82 Å². The SMILES string of the molecule is Cc1cc(NC(=O)C2(C)Oc3ccc(Cl)cc3NC2=O)n(-c2ccc(F)cc2)n1. The van der Waals surface area contributed by atoms with Crippen LogP contribution >= 0.6 is 11.6 Å². The van der Waals surface area contributed by atoms with Crippen molar-refractivity contribution < 1.29 is 18.7 Å². The minimum absolute atomic E-state index is 0.318. The van der Waals surface area contributed by atoms with Gasteiger partial charge in [-0.3, -0.25) is 9.59 Å². The summed E-state index contributed by atoms with van der Waals surface area (Å²) in [5, 5.41) is 10.1. The molecule has 0 bridgehead atoms. The Morgan fingerprint density at radius 1 is 1.24 bits per heavy atom. The van der Waals surface area contributed by atoms with Gasteiger partial charge in [0.05, 0.1) is 17.1 Å². The smallest absolute Gasteiger partial charge is 0.279 e. The molecule has 2 N–H and O–H groups in total. The molecule has 9 heteroatoms. The van der Waals surface area contributed by atoms with Crippen molar-refractivity contribution in [3.63, 3.8) is 0 Å². The predicted octanol–water partition coefficient (Wildman–Crippen LogP) is 3.70. The van der Waals surface area contributed by atoms with Gasteiger partial charge in [-0.1, -0.05) is 11.6 Å². The molecule has 29 heavy (non-hydrogen) atoms. The lowest BCUT2D eigenvalue weighted by molar-refractivity contribution is -0.143. The summed E-state index contributed by atoms with van der Waals surface area (Å²) in [6, 6.07) is 12.0. The zero-order valence-electron chi connectivity index (χ0n) is 15.5. The Labute approximate surface area is 170 Å². The van der Waals surface area contributed by atoms with Crippen LogP contribution in [0, 0.1) is 12.7 Å². The Morgan fingerprint density at radius 3 is 2.69 bits per heavy atom. The zero-order chi connectivity index (χ0) is 20.8. The quantitative estimate of drug-likeness (QED) is 0.640. The maximum absolute atomic E-state index is 13.2. The Hall–Kier alpha value is -3.39. The molecule has 0 aliphatic carbocycles. The Morgan fingerprint density at radius 2 is 1.97 bits per heavy atom. The van der Waals surface area contributed by atoms with E-state index in [9.17, 15) is 14.0 Å². The van der Waals surface area contributed by atoms with Gasteiger partial charge in [0.15, 0.2) is 0 Å². The summed E-state index contributed by atoms with van der Waals surface area (Å²) in [5.41, 5.74) is -0.246. The molecule has 7 nitrogen and oxygen atoms in total. The number of hydrogen-bond acceptors (Lipinski definition) is 4. The Balaban J connectivity index is 1.64. The number of ether oxygens (including phenoxy) is 1. The summed E-state index contributed by atoms with van der Waals surface area (Å²) in [7, 11) is 0. The average molecular weight is 415 g/mol. The normalized spacial score (nSPS) is 17.9. The standard InChI is InChI=1S/C20H16ClFN4O3/c1-11-9-17(26(25-11)14-6-4-13(22)5-7-14)24-19(28)20(2)18(27)23-15-10-12(21)3-8-16(15)29-20/h3-10H,1-2H3,(H,23,27)(H,24,28). The summed E-state index contributed by atoms with van der Waals surface area (Å²) < 4.78 is 20.4. The van der Waals surface area contributed by atoms with Crippen molar-refractivity contribution in [2.75, 3.05) is 10.6 Å². The van der Waals surface area contributed by atoms with Crippen LogP contribution in [0.3, 0.4) is 0 Å². The molecule has 0 saturated heterocycles. The van der Waals surface area contributed by atoms with Crippen LogP contribution < -0.4 is 15.4 Å². The first-order valence-corrected chi connectivity index (χ1v) is 9.08. The first-order chi connectivity index (χ1) is 13.8. The van der Waals surface area contributed by atoms with Crippen molar-refractivity contribution in [3.05, 3.63) is 65.1 Å². The van der Waals surface area contributed by atoms with Crippen LogP contribution in [0.5, 0.6) is 5.75 Å². The number of fused-ring (bicyclic) bond motifs is 1. The summed E-state index contributed by atoms with van der Waals surface area (Å²) >= 11 is 5.93. The molecule has 0 spiro atoms. The number of nitrogens with zero attached hydrogens (tertiary/aromatic N) is 2. The molecule has 0 fully saturated rings. The lowest BCUT2D eigenvalue weighted by Gasteiger charge is -2.33. The highest BCUT2D eigenvalue weighted by molar-refractivity contribution is 6.31. The van der Waals surface area contributed by atoms with E-state index in [4.69, 9.17) is 16.3 Å². The highest BCUT2D eigenvalue weighted by Crippen LogP contribution is 2.36. The van der Waals surface area contributed by atoms with E-state index in [1.54, 1.807) is 31.2 Å². The molecule has 2 amide bonds. The van der Waals surface area contributed by atoms with E-state index >= 15 is 0 Å². The largest absolute Gasteiger partial charge is 0.466 e. The van der Waals surface area contributed by atoms with E-state index in [2.05, 4.69) is 15.7 Å². The number of aryl methyl sites for hydroxylation is 1. The van der Waals surface area contributed by atoms with Crippen molar-refractivity contribution in [1.29, 1.82) is 0 Å². The van der Waals surface area contributed by atoms with Gasteiger partial charge in [-0.15, -0.1) is 0 Å². The third-order valence-electron chi connectivity index (χ3n) is 4.51. The third-order valence-corrected chi connectivity index (χ3v) is 4.75. The molecule has 0 radical (unpaired) electrons. The lowest BCUT2D eigenvalue weighted by atomic mass is 10.0. The molecule has 2 heterocycles. The Bertz CT molecular complexity index is 1130. The Kier molecular flexibility index (Phi) is 4.50. The molecule has 1 atom stereocenters. The van der Waals surface area contributed by atoms with Crippen LogP contribution in [-0.4, -0.2) is 27.2 Å². The second kappa shape index (κ2) is 6.89. The van der Waals surface area contributed by atoms with E-state index in [0.717, 1.165) is 0 Å². The maximum Gasteiger partial charge on any atom is 0.279 e. The molecular formula is C20H16ClFN4O3. The minimum atomic E-state index is -1.81. The fraction of sp³-hybridized carbons (Fsp3) is 0.150. The summed E-state index contributed by atoms with van der Waals surface area (Å²) in [5.74, 6) is -1.05. The molecular weight excluding hydrogens is 399 g/mol. The number of aromatic nitrogens is 2. The molecule has 4 rings (SSSR count). The zero-order valence-corrected chi connectivity index (χ0v) is 16.2. The van der Waals surface area contributed by atoms with Crippen LogP contribution in [0.25, 0.3) is 5.69 Å². The van der Waals surface area contributed by atoms with Crippen LogP contribution in [0.4, 0.5) is 15.9 Å². The predicted molar refractivity (Wildman–Crippen MR) is 106 cm³/mol. The maximum atomic E-state index is 13.2. The summed E-state index contributed by atoms with van der Waals surface area (Å²) in [6.07, 6.45) is 0. The van der Waals surface area contributed by atoms with Gasteiger partial charge < -0.3 is 15.4 Å². The summed E-state index contributed by atoms with van der Waals surface area (Å²) in [6.45, 7) is 3.13. The van der Waals surface area contributed by atoms with E-state index in [1.807, 2.05) is 0 Å². The number of rotatable bonds is 3. The van der Waals surface area contributed by atoms with Gasteiger partial charge in [0.1, 0.15) is 17.4 Å². The van der Waals surface area contributed by atoms with Gasteiger partial charge >= 0.3 is 0 Å². The van der Waals surface area contributed by atoms with Gasteiger partial charge in [-0.2, -0.15) is 5.10 Å². The highest BCUT2D eigenvalue weighted by Gasteiger charge is 2.47. The van der Waals surface area contributed by atoms with Crippen molar-refractivity contribution in [2.45, 2.75) is 19.4 Å². The van der Waals surface area contributed by atoms with Crippen molar-refractivity contribution in [1.82, 2.24) is 9.78 Å². The van der Waals surface area contributed by atoms with Gasteiger partial charge in [-0.05, 0) is 56.3 Å². The molecule has 1 aliphatic rings. The minimum Gasteiger partial charge on any atom is -0.466 e. The monoisotopic (exact) mass is 414 g/mol. The fourth-order valence-corrected chi connectivity index (χ4v) is 3.12. The van der Waals surface area contributed by atoms with Crippen LogP contribution in [0.15, 0.2) is 48.5 Å². The van der Waals surface area contributed by atoms with Gasteiger partial charge in [-0.25, -0.2) is 9.07 Å². The van der Waals surface area contributed by atoms with Crippen molar-refractivity contribution in [3.8, 4) is 11.4 Å². The molecule has 0 saturated carbocycles. The second-order valence-electron chi connectivity index (χ2n) is 6.74. The number of carbonyl (C=O) groups excluding carboxylic acids is 2. The van der Waals surface area contributed by atoms with E-state index in [1.165, 1.54) is 35.9 Å². The molecule has 148 valence electrons. The van der Waals surface area contributed by atoms with Crippen molar-refractivity contribution in [2.24, 2.45) is 0 Å². The highest BCUT2D eigenvalue weighted by atomic mass is 35.5. The number of halogens is 2. The molecule has 3 aromatic rings. The fourth-order valence-electron chi connectivity index (χ4n) is 2.95. The van der Waals surface area contributed by atoms with E-state index < -0.39 is 17.4 Å². The molecule has 1 unspecified atom stereocenters. The van der Waals surface area contributed by atoms with Crippen molar-refractivity contribution >= 4 is 34.9 Å². The molecule has 1 aliphatic heterocycles. The summed E-state index contributed by atoms with van der Waals surface area (Å²) in [4.78, 5) is 25.6. The van der Waals surface area contributed by atoms with Gasteiger partial charge in [0.2, 0.25) is 0 Å². The number of benzene rings is 2. The topological polar surface area (TPSA) is 85.3 Å². The first-order valence-electron chi connectivity index (χ1n) is 8.70. The third kappa shape index (κ3) is 3.42.